The van der Waals surface area contributed by atoms with Gasteiger partial charge in [0.15, 0.2) is 0 Å². The molecule has 1 saturated carbocycles. The Balaban J connectivity index is 0.000000771. The van der Waals surface area contributed by atoms with Crippen molar-refractivity contribution in [2.75, 3.05) is 65.4 Å². The van der Waals surface area contributed by atoms with Crippen LogP contribution in [0.25, 0.3) is 0 Å². The molecule has 1 aromatic rings. The summed E-state index contributed by atoms with van der Waals surface area (Å²) >= 11 is 4.92. The quantitative estimate of drug-likeness (QED) is 0.0998. The average molecular weight is 892 g/mol. The molecule has 0 atom stereocenters. The first-order valence-corrected chi connectivity index (χ1v) is 21.2. The molecule has 350 valence electrons. The molecule has 1 aromatic carbocycles. The van der Waals surface area contributed by atoms with E-state index in [2.05, 4.69) is 23.9 Å². The van der Waals surface area contributed by atoms with Gasteiger partial charge in [0.2, 0.25) is 0 Å². The number of rotatable bonds is 10. The molecule has 1 aliphatic carbocycles. The molecule has 0 spiro atoms. The van der Waals surface area contributed by atoms with Crippen molar-refractivity contribution in [1.29, 1.82) is 0 Å². The maximum absolute atomic E-state index is 11.7. The van der Waals surface area contributed by atoms with Gasteiger partial charge in [-0.15, -0.1) is 0 Å². The third kappa shape index (κ3) is 25.0. The van der Waals surface area contributed by atoms with E-state index in [1.807, 2.05) is 69.2 Å². The van der Waals surface area contributed by atoms with Gasteiger partial charge in [-0.2, -0.15) is 0 Å². The van der Waals surface area contributed by atoms with E-state index in [4.69, 9.17) is 35.7 Å². The first kappa shape index (κ1) is 56.4. The molecule has 20 heteroatoms. The average Bonchev–Trinajstić information content (AvgIpc) is 3.11. The van der Waals surface area contributed by atoms with Crippen molar-refractivity contribution in [3.63, 3.8) is 0 Å². The van der Waals surface area contributed by atoms with E-state index in [0.717, 1.165) is 39.0 Å². The number of non-ortho nitro benzene ring substituents is 1. The normalized spacial score (nSPS) is 14.6. The van der Waals surface area contributed by atoms with Crippen LogP contribution in [-0.2, 0) is 18.9 Å². The van der Waals surface area contributed by atoms with E-state index in [-0.39, 0.29) is 54.1 Å². The number of benzene rings is 1. The van der Waals surface area contributed by atoms with Crippen molar-refractivity contribution in [3.8, 4) is 5.75 Å². The van der Waals surface area contributed by atoms with Gasteiger partial charge in [-0.1, -0.05) is 13.8 Å². The van der Waals surface area contributed by atoms with Crippen LogP contribution in [-0.4, -0.2) is 154 Å². The first-order chi connectivity index (χ1) is 28.4. The number of carbonyl (C=O) groups excluding carboxylic acids is 5. The topological polar surface area (TPSA) is 220 Å². The largest absolute Gasteiger partial charge is 0.446 e. The summed E-state index contributed by atoms with van der Waals surface area (Å²) in [6, 6.07) is 5.02. The number of β-amino-alcohol motifs (C(OH)–C–C–N with tert-alkyl or cyclic N) is 1. The van der Waals surface area contributed by atoms with E-state index in [1.54, 1.807) is 9.80 Å². The van der Waals surface area contributed by atoms with Crippen LogP contribution in [0.15, 0.2) is 24.3 Å². The summed E-state index contributed by atoms with van der Waals surface area (Å²) in [7, 11) is 0. The highest BCUT2D eigenvalue weighted by atomic mass is 35.5. The van der Waals surface area contributed by atoms with Gasteiger partial charge in [0.25, 0.3) is 5.69 Å². The Morgan fingerprint density at radius 2 is 1.13 bits per heavy atom. The van der Waals surface area contributed by atoms with E-state index in [9.17, 15) is 34.1 Å². The van der Waals surface area contributed by atoms with Crippen molar-refractivity contribution in [3.05, 3.63) is 34.4 Å². The van der Waals surface area contributed by atoms with Crippen LogP contribution >= 0.6 is 11.6 Å². The highest BCUT2D eigenvalue weighted by Crippen LogP contribution is 2.23. The van der Waals surface area contributed by atoms with Gasteiger partial charge in [0.1, 0.15) is 29.2 Å². The van der Waals surface area contributed by atoms with Gasteiger partial charge in [-0.25, -0.2) is 24.0 Å². The second-order valence-electron chi connectivity index (χ2n) is 15.8. The van der Waals surface area contributed by atoms with Crippen molar-refractivity contribution in [1.82, 2.24) is 24.9 Å². The number of ether oxygens (including phenoxy) is 5. The summed E-state index contributed by atoms with van der Waals surface area (Å²) in [5.41, 5.74) is -2.00. The molecule has 4 amide bonds. The molecular weight excluding hydrogens is 820 g/mol. The minimum absolute atomic E-state index is 0.0747. The third-order valence-electron chi connectivity index (χ3n) is 8.39. The molecule has 2 N–H and O–H groups in total. The fourth-order valence-corrected chi connectivity index (χ4v) is 4.87. The monoisotopic (exact) mass is 890 g/mol. The smallest absolute Gasteiger partial charge is 0.410 e. The Bertz CT molecular complexity index is 1460. The zero-order valence-electron chi connectivity index (χ0n) is 38.2. The highest BCUT2D eigenvalue weighted by Gasteiger charge is 2.37. The predicted octanol–water partition coefficient (Wildman–Crippen LogP) is 7.65. The summed E-state index contributed by atoms with van der Waals surface area (Å²) in [5, 5.41) is 22.2. The second kappa shape index (κ2) is 28.8. The van der Waals surface area contributed by atoms with Crippen LogP contribution in [0, 0.1) is 10.1 Å². The Morgan fingerprint density at radius 1 is 0.738 bits per heavy atom. The molecule has 2 heterocycles. The number of aliphatic hydroxyl groups excluding tert-OH is 1. The Morgan fingerprint density at radius 3 is 1.41 bits per heavy atom. The number of carbonyl (C=O) groups is 5. The fraction of sp³-hybridized carbons (Fsp3) is 0.732. The maximum atomic E-state index is 11.7. The molecule has 0 aromatic heterocycles. The molecule has 0 radical (unpaired) electrons. The summed E-state index contributed by atoms with van der Waals surface area (Å²) < 4.78 is 25.2. The second-order valence-corrected chi connectivity index (χ2v) is 16.1. The highest BCUT2D eigenvalue weighted by molar-refractivity contribution is 6.61. The van der Waals surface area contributed by atoms with Gasteiger partial charge in [-0.3, -0.25) is 10.1 Å². The van der Waals surface area contributed by atoms with Crippen LogP contribution in [0.4, 0.5) is 29.7 Å². The maximum Gasteiger partial charge on any atom is 0.410 e. The molecule has 19 nitrogen and oxygen atoms in total. The zero-order valence-corrected chi connectivity index (χ0v) is 38.9. The molecule has 0 bridgehead atoms. The van der Waals surface area contributed by atoms with Crippen LogP contribution in [0.2, 0.25) is 0 Å². The van der Waals surface area contributed by atoms with Gasteiger partial charge in [0, 0.05) is 49.9 Å². The van der Waals surface area contributed by atoms with E-state index in [1.165, 1.54) is 40.5 Å². The predicted molar refractivity (Wildman–Crippen MR) is 231 cm³/mol. The fourth-order valence-electron chi connectivity index (χ4n) is 4.78. The number of hydrogen-bond acceptors (Lipinski definition) is 14. The summed E-state index contributed by atoms with van der Waals surface area (Å²) in [6.07, 6.45) is 1.76. The van der Waals surface area contributed by atoms with Crippen molar-refractivity contribution < 1.29 is 57.7 Å². The molecule has 0 unspecified atom stereocenters. The van der Waals surface area contributed by atoms with Crippen LogP contribution in [0.3, 0.4) is 0 Å². The lowest BCUT2D eigenvalue weighted by Gasteiger charge is -2.39. The van der Waals surface area contributed by atoms with Gasteiger partial charge < -0.3 is 53.7 Å². The molecule has 61 heavy (non-hydrogen) atoms. The number of nitrogens with one attached hydrogen (secondary N) is 1. The standard InChI is InChI=1S/C13H24N2O4.C9H17NO2.C8H15NO3.C7H4ClNO4.C4H11N/c1-6-14(7-2)11(16)18-10-8-15(9-10)12(17)19-13(3,4)5;1-3-10(4-2)9(11)12-8-6-5-7-8;1-8(2,3)12-7(11)9-4-6(10)5-9;8-7(10)13-6-3-1-5(2-4-6)9(11)12;1-3-5-4-2/h10H,6-9H2,1-5H3;8H,3-7H2,1-2H3;6,10H,4-5H2,1-3H3;1-4H;5H,3-4H2,1-2H3. The van der Waals surface area contributed by atoms with Gasteiger partial charge in [-0.05, 0) is 114 Å². The Kier molecular flexibility index (Phi) is 26.6. The SMILES string of the molecule is CC(C)(C)OC(=O)N1CC(O)C1.CCN(CC)C(=O)OC1CCC1.CCN(CC)C(=O)OC1CN(C(=O)OC(C)(C)C)C1.CCNCC.O=C(Cl)Oc1ccc([N+](=O)[O-])cc1. The molecule has 3 fully saturated rings. The Labute approximate surface area is 366 Å². The molecule has 4 rings (SSSR count). The minimum Gasteiger partial charge on any atom is -0.446 e. The minimum atomic E-state index is -0.978. The van der Waals surface area contributed by atoms with Crippen molar-refractivity contribution in [2.24, 2.45) is 0 Å². The van der Waals surface area contributed by atoms with E-state index < -0.39 is 21.6 Å². The number of likely N-dealkylation sites (tertiary alicyclic amines) is 2. The number of aliphatic hydroxyl groups is 1. The van der Waals surface area contributed by atoms with Crippen molar-refractivity contribution in [2.45, 2.75) is 132 Å². The molecular formula is C41H71ClN6O13. The number of halogens is 1. The molecule has 3 aliphatic rings. The number of nitrogens with zero attached hydrogens (tertiary/aromatic N) is 5. The first-order valence-electron chi connectivity index (χ1n) is 20.8. The molecule has 2 saturated heterocycles. The lowest BCUT2D eigenvalue weighted by atomic mass is 9.96. The number of nitro benzene ring substituents is 1. The zero-order chi connectivity index (χ0) is 46.9. The van der Waals surface area contributed by atoms with E-state index in [0.29, 0.717) is 39.3 Å². The van der Waals surface area contributed by atoms with Crippen LogP contribution < -0.4 is 10.1 Å². The van der Waals surface area contributed by atoms with Crippen LogP contribution in [0.1, 0.15) is 102 Å². The summed E-state index contributed by atoms with van der Waals surface area (Å²) in [6.45, 7) is 29.4. The number of hydrogen-bond donors (Lipinski definition) is 2. The van der Waals surface area contributed by atoms with E-state index >= 15 is 0 Å². The Hall–Kier alpha value is -4.62. The van der Waals surface area contributed by atoms with Gasteiger partial charge >= 0.3 is 29.8 Å². The number of amides is 4. The van der Waals surface area contributed by atoms with Gasteiger partial charge in [0.05, 0.1) is 37.2 Å². The van der Waals surface area contributed by atoms with Crippen LogP contribution in [0.5, 0.6) is 5.75 Å². The summed E-state index contributed by atoms with van der Waals surface area (Å²) in [4.78, 5) is 72.1. The lowest BCUT2D eigenvalue weighted by Crippen LogP contribution is -2.57. The lowest BCUT2D eigenvalue weighted by molar-refractivity contribution is -0.384. The summed E-state index contributed by atoms with van der Waals surface area (Å²) in [5.74, 6) is 0.172. The van der Waals surface area contributed by atoms with Crippen molar-refractivity contribution >= 4 is 47.1 Å². The third-order valence-corrected chi connectivity index (χ3v) is 8.47. The number of nitro groups is 1. The molecule has 2 aliphatic heterocycles.